The van der Waals surface area contributed by atoms with Gasteiger partial charge in [-0.25, -0.2) is 9.37 Å². The van der Waals surface area contributed by atoms with Gasteiger partial charge < -0.3 is 5.32 Å². The Balaban J connectivity index is 1.67. The molecule has 0 aliphatic rings. The predicted octanol–water partition coefficient (Wildman–Crippen LogP) is 5.04. The van der Waals surface area contributed by atoms with E-state index in [0.717, 1.165) is 11.8 Å². The third kappa shape index (κ3) is 4.35. The third-order valence-electron chi connectivity index (χ3n) is 3.43. The zero-order valence-corrected chi connectivity index (χ0v) is 15.8. The van der Waals surface area contributed by atoms with Gasteiger partial charge in [0.25, 0.3) is 0 Å². The molecule has 0 bridgehead atoms. The molecule has 1 heterocycles. The molecule has 1 atom stereocenters. The largest absolute Gasteiger partial charge is 0.324 e. The minimum Gasteiger partial charge on any atom is -0.324 e. The number of nitrogens with zero attached hydrogens (tertiary/aromatic N) is 2. The first kappa shape index (κ1) is 18.7. The molecule has 0 spiro atoms. The van der Waals surface area contributed by atoms with Crippen molar-refractivity contribution >= 4 is 46.6 Å². The van der Waals surface area contributed by atoms with Crippen LogP contribution in [-0.2, 0) is 4.79 Å². The number of anilines is 1. The van der Waals surface area contributed by atoms with Gasteiger partial charge in [-0.05, 0) is 37.3 Å². The number of H-pyrrole nitrogens is 1. The Hall–Kier alpha value is -2.09. The number of halogens is 3. The smallest absolute Gasteiger partial charge is 0.237 e. The number of aromatic nitrogens is 3. The summed E-state index contributed by atoms with van der Waals surface area (Å²) < 4.78 is 13.8. The second kappa shape index (κ2) is 8.07. The normalized spacial score (nSPS) is 12.0. The van der Waals surface area contributed by atoms with Crippen LogP contribution in [0, 0.1) is 5.82 Å². The summed E-state index contributed by atoms with van der Waals surface area (Å²) in [6.07, 6.45) is 0. The summed E-state index contributed by atoms with van der Waals surface area (Å²) in [5, 5.41) is 10.1. The van der Waals surface area contributed by atoms with Crippen LogP contribution in [0.5, 0.6) is 0 Å². The molecule has 0 saturated carbocycles. The van der Waals surface area contributed by atoms with Crippen LogP contribution >= 0.6 is 35.0 Å². The Morgan fingerprint density at radius 1 is 1.27 bits per heavy atom. The molecule has 0 unspecified atom stereocenters. The highest BCUT2D eigenvalue weighted by Gasteiger charge is 2.19. The lowest BCUT2D eigenvalue weighted by atomic mass is 10.2. The van der Waals surface area contributed by atoms with Crippen molar-refractivity contribution in [2.75, 3.05) is 5.32 Å². The quantitative estimate of drug-likeness (QED) is 0.578. The lowest BCUT2D eigenvalue weighted by molar-refractivity contribution is -0.115. The van der Waals surface area contributed by atoms with E-state index >= 15 is 0 Å². The number of rotatable bonds is 5. The zero-order valence-electron chi connectivity index (χ0n) is 13.5. The number of thioether (sulfide) groups is 1. The molecule has 0 saturated heterocycles. The fraction of sp³-hybridized carbons (Fsp3) is 0.118. The van der Waals surface area contributed by atoms with Crippen molar-refractivity contribution in [3.63, 3.8) is 0 Å². The Bertz CT molecular complexity index is 950. The van der Waals surface area contributed by atoms with E-state index in [2.05, 4.69) is 20.5 Å². The van der Waals surface area contributed by atoms with Crippen LogP contribution in [0.1, 0.15) is 6.92 Å². The molecular weight excluding hydrogens is 398 g/mol. The number of aromatic amines is 1. The SMILES string of the molecule is C[C@H](Sc1n[nH]c(-c2ccccc2F)n1)C(=O)Nc1ccc(Cl)cc1Cl. The molecule has 2 N–H and O–H groups in total. The van der Waals surface area contributed by atoms with Gasteiger partial charge in [0.1, 0.15) is 5.82 Å². The maximum atomic E-state index is 13.8. The van der Waals surface area contributed by atoms with Crippen LogP contribution in [0.3, 0.4) is 0 Å². The summed E-state index contributed by atoms with van der Waals surface area (Å²) in [6, 6.07) is 11.1. The lowest BCUT2D eigenvalue weighted by Crippen LogP contribution is -2.22. The minimum atomic E-state index is -0.494. The molecule has 3 aromatic rings. The molecule has 5 nitrogen and oxygen atoms in total. The summed E-state index contributed by atoms with van der Waals surface area (Å²) in [5.74, 6) is -0.362. The molecular formula is C17H13Cl2FN4OS. The van der Waals surface area contributed by atoms with Crippen LogP contribution in [-0.4, -0.2) is 26.3 Å². The van der Waals surface area contributed by atoms with E-state index < -0.39 is 11.1 Å². The van der Waals surface area contributed by atoms with Crippen molar-refractivity contribution in [2.45, 2.75) is 17.3 Å². The van der Waals surface area contributed by atoms with Gasteiger partial charge in [0.05, 0.1) is 21.5 Å². The van der Waals surface area contributed by atoms with Crippen molar-refractivity contribution in [2.24, 2.45) is 0 Å². The number of hydrogen-bond donors (Lipinski definition) is 2. The van der Waals surface area contributed by atoms with Crippen molar-refractivity contribution in [1.82, 2.24) is 15.2 Å². The molecule has 0 fully saturated rings. The number of amides is 1. The molecule has 26 heavy (non-hydrogen) atoms. The fourth-order valence-corrected chi connectivity index (χ4v) is 3.29. The highest BCUT2D eigenvalue weighted by molar-refractivity contribution is 8.00. The molecule has 0 radical (unpaired) electrons. The topological polar surface area (TPSA) is 70.7 Å². The third-order valence-corrected chi connectivity index (χ3v) is 4.94. The highest BCUT2D eigenvalue weighted by Crippen LogP contribution is 2.28. The maximum absolute atomic E-state index is 13.8. The second-order valence-corrected chi connectivity index (χ2v) is 7.47. The van der Waals surface area contributed by atoms with E-state index in [9.17, 15) is 9.18 Å². The first-order chi connectivity index (χ1) is 12.4. The molecule has 9 heteroatoms. The van der Waals surface area contributed by atoms with Crippen LogP contribution in [0.15, 0.2) is 47.6 Å². The van der Waals surface area contributed by atoms with Crippen molar-refractivity contribution < 1.29 is 9.18 Å². The average Bonchev–Trinajstić information content (AvgIpc) is 3.06. The molecule has 2 aromatic carbocycles. The Labute approximate surface area is 163 Å². The number of hydrogen-bond acceptors (Lipinski definition) is 4. The van der Waals surface area contributed by atoms with Crippen molar-refractivity contribution in [3.05, 3.63) is 58.3 Å². The van der Waals surface area contributed by atoms with Gasteiger partial charge in [-0.3, -0.25) is 9.89 Å². The first-order valence-electron chi connectivity index (χ1n) is 7.54. The van der Waals surface area contributed by atoms with Crippen LogP contribution in [0.4, 0.5) is 10.1 Å². The lowest BCUT2D eigenvalue weighted by Gasteiger charge is -2.11. The van der Waals surface area contributed by atoms with Crippen LogP contribution in [0.2, 0.25) is 10.0 Å². The molecule has 0 aliphatic carbocycles. The summed E-state index contributed by atoms with van der Waals surface area (Å²) >= 11 is 13.0. The number of carbonyl (C=O) groups is 1. The Kier molecular flexibility index (Phi) is 5.80. The van der Waals surface area contributed by atoms with Gasteiger partial charge in [-0.2, -0.15) is 0 Å². The molecule has 134 valence electrons. The standard InChI is InChI=1S/C17H13Cl2FN4OS/c1-9(16(25)21-14-7-6-10(18)8-12(14)19)26-17-22-15(23-24-17)11-4-2-3-5-13(11)20/h2-9H,1H3,(H,21,25)(H,22,23,24)/t9-/m0/s1. The number of carbonyl (C=O) groups excluding carboxylic acids is 1. The average molecular weight is 411 g/mol. The molecule has 1 aromatic heterocycles. The summed E-state index contributed by atoms with van der Waals surface area (Å²) in [4.78, 5) is 16.6. The highest BCUT2D eigenvalue weighted by atomic mass is 35.5. The van der Waals surface area contributed by atoms with E-state index in [4.69, 9.17) is 23.2 Å². The van der Waals surface area contributed by atoms with E-state index in [1.165, 1.54) is 6.07 Å². The van der Waals surface area contributed by atoms with Crippen LogP contribution in [0.25, 0.3) is 11.4 Å². The van der Waals surface area contributed by atoms with E-state index in [1.807, 2.05) is 0 Å². The molecule has 1 amide bonds. The van der Waals surface area contributed by atoms with Gasteiger partial charge in [0.2, 0.25) is 11.1 Å². The van der Waals surface area contributed by atoms with Gasteiger partial charge >= 0.3 is 0 Å². The summed E-state index contributed by atoms with van der Waals surface area (Å²) in [7, 11) is 0. The molecule has 0 aliphatic heterocycles. The van der Waals surface area contributed by atoms with Gasteiger partial charge in [-0.1, -0.05) is 47.1 Å². The number of benzene rings is 2. The number of nitrogens with one attached hydrogen (secondary N) is 2. The minimum absolute atomic E-state index is 0.267. The van der Waals surface area contributed by atoms with E-state index in [0.29, 0.717) is 32.3 Å². The monoisotopic (exact) mass is 410 g/mol. The van der Waals surface area contributed by atoms with Crippen molar-refractivity contribution in [1.29, 1.82) is 0 Å². The zero-order chi connectivity index (χ0) is 18.7. The van der Waals surface area contributed by atoms with Gasteiger partial charge in [0.15, 0.2) is 5.82 Å². The van der Waals surface area contributed by atoms with E-state index in [1.54, 1.807) is 43.3 Å². The Morgan fingerprint density at radius 2 is 2.04 bits per heavy atom. The predicted molar refractivity (Wildman–Crippen MR) is 102 cm³/mol. The van der Waals surface area contributed by atoms with Crippen LogP contribution < -0.4 is 5.32 Å². The summed E-state index contributed by atoms with van der Waals surface area (Å²) in [6.45, 7) is 1.71. The first-order valence-corrected chi connectivity index (χ1v) is 9.17. The van der Waals surface area contributed by atoms with Gasteiger partial charge in [0, 0.05) is 5.02 Å². The van der Waals surface area contributed by atoms with Gasteiger partial charge in [-0.15, -0.1) is 5.10 Å². The summed E-state index contributed by atoms with van der Waals surface area (Å²) in [5.41, 5.74) is 0.785. The van der Waals surface area contributed by atoms with E-state index in [-0.39, 0.29) is 5.91 Å². The van der Waals surface area contributed by atoms with Crippen molar-refractivity contribution in [3.8, 4) is 11.4 Å². The Morgan fingerprint density at radius 3 is 2.77 bits per heavy atom. The fourth-order valence-electron chi connectivity index (χ4n) is 2.11. The maximum Gasteiger partial charge on any atom is 0.237 e. The molecule has 3 rings (SSSR count). The second-order valence-electron chi connectivity index (χ2n) is 5.32.